The van der Waals surface area contributed by atoms with Crippen molar-refractivity contribution in [3.8, 4) is 5.75 Å². The fraction of sp³-hybridized carbons (Fsp3) is 0.440. The van der Waals surface area contributed by atoms with Crippen LogP contribution in [0, 0.1) is 5.92 Å². The summed E-state index contributed by atoms with van der Waals surface area (Å²) in [6.45, 7) is 0.441. The molecule has 0 atom stereocenters. The second-order valence-corrected chi connectivity index (χ2v) is 9.21. The zero-order valence-corrected chi connectivity index (χ0v) is 19.1. The molecular formula is C25H30ClN3O3. The van der Waals surface area contributed by atoms with E-state index in [4.69, 9.17) is 22.1 Å². The van der Waals surface area contributed by atoms with Crippen LogP contribution in [-0.4, -0.2) is 35.9 Å². The Labute approximate surface area is 194 Å². The predicted octanol–water partition coefficient (Wildman–Crippen LogP) is 4.61. The molecule has 0 bridgehead atoms. The molecule has 170 valence electrons. The monoisotopic (exact) mass is 455 g/mol. The molecule has 2 aromatic rings. The van der Waals surface area contributed by atoms with Crippen LogP contribution in [0.2, 0.25) is 5.02 Å². The third kappa shape index (κ3) is 5.43. The molecule has 2 aliphatic rings. The number of methoxy groups -OCH3 is 1. The fourth-order valence-electron chi connectivity index (χ4n) is 4.29. The first kappa shape index (κ1) is 22.6. The molecule has 0 unspecified atom stereocenters. The summed E-state index contributed by atoms with van der Waals surface area (Å²) < 4.78 is 5.20. The molecule has 2 aromatic carbocycles. The molecule has 6 nitrogen and oxygen atoms in total. The van der Waals surface area contributed by atoms with E-state index in [1.807, 2.05) is 11.0 Å². The van der Waals surface area contributed by atoms with E-state index in [9.17, 15) is 9.59 Å². The van der Waals surface area contributed by atoms with E-state index in [1.165, 1.54) is 0 Å². The number of hydrogen-bond donors (Lipinski definition) is 2. The molecule has 0 heterocycles. The fourth-order valence-corrected chi connectivity index (χ4v) is 4.47. The Kier molecular flexibility index (Phi) is 7.01. The molecular weight excluding hydrogens is 426 g/mol. The molecule has 0 aliphatic heterocycles. The summed E-state index contributed by atoms with van der Waals surface area (Å²) in [4.78, 5) is 27.8. The summed E-state index contributed by atoms with van der Waals surface area (Å²) in [5.41, 5.74) is 8.06. The van der Waals surface area contributed by atoms with Gasteiger partial charge in [-0.3, -0.25) is 9.59 Å². The lowest BCUT2D eigenvalue weighted by Crippen LogP contribution is -2.44. The van der Waals surface area contributed by atoms with Crippen molar-refractivity contribution < 1.29 is 14.3 Å². The van der Waals surface area contributed by atoms with E-state index in [0.29, 0.717) is 28.6 Å². The predicted molar refractivity (Wildman–Crippen MR) is 126 cm³/mol. The van der Waals surface area contributed by atoms with Crippen LogP contribution in [0.4, 0.5) is 5.69 Å². The topological polar surface area (TPSA) is 84.7 Å². The van der Waals surface area contributed by atoms with Crippen molar-refractivity contribution >= 4 is 29.1 Å². The Morgan fingerprint density at radius 1 is 1.09 bits per heavy atom. The van der Waals surface area contributed by atoms with Crippen LogP contribution < -0.4 is 15.8 Å². The Morgan fingerprint density at radius 2 is 1.84 bits per heavy atom. The molecule has 3 N–H and O–H groups in total. The number of nitrogens with one attached hydrogen (secondary N) is 1. The van der Waals surface area contributed by atoms with Crippen LogP contribution in [0.3, 0.4) is 0 Å². The lowest BCUT2D eigenvalue weighted by Gasteiger charge is -2.36. The van der Waals surface area contributed by atoms with Crippen molar-refractivity contribution in [2.45, 2.75) is 57.2 Å². The van der Waals surface area contributed by atoms with Gasteiger partial charge in [0.05, 0.1) is 7.11 Å². The first-order valence-corrected chi connectivity index (χ1v) is 11.6. The van der Waals surface area contributed by atoms with E-state index >= 15 is 0 Å². The molecule has 2 amide bonds. The molecule has 0 radical (unpaired) electrons. The summed E-state index contributed by atoms with van der Waals surface area (Å²) in [5, 5.41) is 3.52. The quantitative estimate of drug-likeness (QED) is 0.638. The number of nitrogens with zero attached hydrogens (tertiary/aromatic N) is 1. The Morgan fingerprint density at radius 3 is 2.53 bits per heavy atom. The van der Waals surface area contributed by atoms with Crippen molar-refractivity contribution in [3.63, 3.8) is 0 Å². The van der Waals surface area contributed by atoms with Crippen LogP contribution in [0.1, 0.15) is 54.4 Å². The lowest BCUT2D eigenvalue weighted by atomic mass is 9.90. The normalized spacial score (nSPS) is 20.5. The molecule has 0 aromatic heterocycles. The van der Waals surface area contributed by atoms with Gasteiger partial charge < -0.3 is 20.7 Å². The molecule has 4 rings (SSSR count). The Balaban J connectivity index is 1.51. The smallest absolute Gasteiger partial charge is 0.255 e. The van der Waals surface area contributed by atoms with Crippen LogP contribution in [-0.2, 0) is 11.3 Å². The van der Waals surface area contributed by atoms with Gasteiger partial charge in [-0.2, -0.15) is 0 Å². The number of amides is 2. The van der Waals surface area contributed by atoms with Crippen molar-refractivity contribution in [3.05, 3.63) is 58.6 Å². The Hall–Kier alpha value is -2.57. The number of halogens is 1. The summed E-state index contributed by atoms with van der Waals surface area (Å²) in [5.74, 6) is 0.743. The molecule has 2 fully saturated rings. The number of carbonyl (C=O) groups is 2. The van der Waals surface area contributed by atoms with Gasteiger partial charge >= 0.3 is 0 Å². The van der Waals surface area contributed by atoms with Gasteiger partial charge in [-0.05, 0) is 80.5 Å². The van der Waals surface area contributed by atoms with Crippen LogP contribution in [0.15, 0.2) is 42.5 Å². The molecule has 32 heavy (non-hydrogen) atoms. The maximum absolute atomic E-state index is 13.1. The van der Waals surface area contributed by atoms with E-state index in [2.05, 4.69) is 5.32 Å². The van der Waals surface area contributed by atoms with Crippen molar-refractivity contribution in [2.24, 2.45) is 11.7 Å². The van der Waals surface area contributed by atoms with E-state index in [-0.39, 0.29) is 29.8 Å². The number of hydrogen-bond acceptors (Lipinski definition) is 4. The van der Waals surface area contributed by atoms with Gasteiger partial charge in [0.15, 0.2) is 0 Å². The molecule has 2 saturated carbocycles. The van der Waals surface area contributed by atoms with Gasteiger partial charge in [-0.25, -0.2) is 0 Å². The first-order chi connectivity index (χ1) is 15.4. The summed E-state index contributed by atoms with van der Waals surface area (Å²) in [7, 11) is 1.57. The standard InChI is InChI=1S/C25H30ClN3O3/c1-32-22-4-2-3-17(14-22)24(30)28-20-9-12-23(26)18(13-20)15-29(25(31)16-5-6-16)21-10-7-19(27)8-11-21/h2-4,9,12-14,16,19,21H,5-8,10-11,15,27H2,1H3,(H,28,30). The summed E-state index contributed by atoms with van der Waals surface area (Å²) in [6, 6.07) is 12.8. The number of nitrogens with two attached hydrogens (primary N) is 1. The van der Waals surface area contributed by atoms with E-state index < -0.39 is 0 Å². The number of ether oxygens (including phenoxy) is 1. The molecule has 7 heteroatoms. The number of carbonyl (C=O) groups excluding carboxylic acids is 2. The van der Waals surface area contributed by atoms with Gasteiger partial charge in [0.2, 0.25) is 5.91 Å². The zero-order chi connectivity index (χ0) is 22.7. The first-order valence-electron chi connectivity index (χ1n) is 11.2. The third-order valence-corrected chi connectivity index (χ3v) is 6.74. The minimum Gasteiger partial charge on any atom is -0.497 e. The second kappa shape index (κ2) is 9.92. The van der Waals surface area contributed by atoms with E-state index in [1.54, 1.807) is 43.5 Å². The molecule has 2 aliphatic carbocycles. The van der Waals surface area contributed by atoms with Crippen molar-refractivity contribution in [1.82, 2.24) is 4.90 Å². The van der Waals surface area contributed by atoms with Gasteiger partial charge in [-0.1, -0.05) is 17.7 Å². The zero-order valence-electron chi connectivity index (χ0n) is 18.4. The maximum atomic E-state index is 13.1. The number of benzene rings is 2. The number of anilines is 1. The highest BCUT2D eigenvalue weighted by molar-refractivity contribution is 6.31. The average molecular weight is 456 g/mol. The Bertz CT molecular complexity index is 984. The third-order valence-electron chi connectivity index (χ3n) is 6.37. The highest BCUT2D eigenvalue weighted by Gasteiger charge is 2.37. The minimum absolute atomic E-state index is 0.139. The van der Waals surface area contributed by atoms with Crippen LogP contribution in [0.5, 0.6) is 5.75 Å². The molecule has 0 saturated heterocycles. The summed E-state index contributed by atoms with van der Waals surface area (Å²) in [6.07, 6.45) is 5.64. The van der Waals surface area contributed by atoms with Gasteiger partial charge in [-0.15, -0.1) is 0 Å². The van der Waals surface area contributed by atoms with Gasteiger partial charge in [0.25, 0.3) is 5.91 Å². The second-order valence-electron chi connectivity index (χ2n) is 8.80. The lowest BCUT2D eigenvalue weighted by molar-refractivity contribution is -0.136. The van der Waals surface area contributed by atoms with Gasteiger partial charge in [0.1, 0.15) is 5.75 Å². The summed E-state index contributed by atoms with van der Waals surface area (Å²) >= 11 is 6.51. The van der Waals surface area contributed by atoms with Gasteiger partial charge in [0, 0.05) is 40.8 Å². The highest BCUT2D eigenvalue weighted by atomic mass is 35.5. The largest absolute Gasteiger partial charge is 0.497 e. The average Bonchev–Trinajstić information content (AvgIpc) is 3.65. The van der Waals surface area contributed by atoms with Crippen LogP contribution in [0.25, 0.3) is 0 Å². The van der Waals surface area contributed by atoms with Crippen LogP contribution >= 0.6 is 11.6 Å². The minimum atomic E-state index is -0.232. The molecule has 0 spiro atoms. The van der Waals surface area contributed by atoms with Crippen molar-refractivity contribution in [2.75, 3.05) is 12.4 Å². The van der Waals surface area contributed by atoms with Crippen molar-refractivity contribution in [1.29, 1.82) is 0 Å². The highest BCUT2D eigenvalue weighted by Crippen LogP contribution is 2.35. The maximum Gasteiger partial charge on any atom is 0.255 e. The SMILES string of the molecule is COc1cccc(C(=O)Nc2ccc(Cl)c(CN(C(=O)C3CC3)C3CCC(N)CC3)c2)c1. The number of rotatable bonds is 7. The van der Waals surface area contributed by atoms with E-state index in [0.717, 1.165) is 44.1 Å².